The largest absolute Gasteiger partial charge is 0.465 e. The summed E-state index contributed by atoms with van der Waals surface area (Å²) in [6, 6.07) is 3.87. The smallest absolute Gasteiger partial charge is 0.404 e. The number of rotatable bonds is 8. The molecule has 3 rings (SSSR count). The molecule has 2 aliphatic rings. The molecule has 1 aromatic carbocycles. The number of carbonyl (C=O) groups is 5. The van der Waals surface area contributed by atoms with E-state index < -0.39 is 35.8 Å². The first-order valence-electron chi connectivity index (χ1n) is 9.45. The molecule has 0 saturated carbocycles. The van der Waals surface area contributed by atoms with Gasteiger partial charge in [-0.15, -0.1) is 0 Å². The van der Waals surface area contributed by atoms with E-state index >= 15 is 0 Å². The van der Waals surface area contributed by atoms with Crippen LogP contribution in [0.5, 0.6) is 0 Å². The molecule has 154 valence electrons. The van der Waals surface area contributed by atoms with E-state index in [4.69, 9.17) is 5.11 Å². The lowest BCUT2D eigenvalue weighted by Gasteiger charge is -2.27. The Morgan fingerprint density at radius 1 is 1.07 bits per heavy atom. The molecule has 0 aromatic heterocycles. The Morgan fingerprint density at radius 2 is 1.79 bits per heavy atom. The van der Waals surface area contributed by atoms with Crippen LogP contribution in [0, 0.1) is 0 Å². The van der Waals surface area contributed by atoms with Crippen LogP contribution in [0.3, 0.4) is 0 Å². The maximum atomic E-state index is 12.7. The molecule has 2 aliphatic heterocycles. The first-order chi connectivity index (χ1) is 13.9. The highest BCUT2D eigenvalue weighted by Gasteiger charge is 2.44. The van der Waals surface area contributed by atoms with Crippen molar-refractivity contribution in [2.45, 2.75) is 38.1 Å². The van der Waals surface area contributed by atoms with Crippen molar-refractivity contribution < 1.29 is 29.1 Å². The van der Waals surface area contributed by atoms with E-state index in [0.717, 1.165) is 24.2 Å². The van der Waals surface area contributed by atoms with Crippen LogP contribution in [-0.4, -0.2) is 58.9 Å². The number of imide groups is 2. The second kappa shape index (κ2) is 8.72. The number of anilines is 1. The maximum Gasteiger partial charge on any atom is 0.404 e. The van der Waals surface area contributed by atoms with E-state index in [1.165, 1.54) is 0 Å². The highest BCUT2D eigenvalue weighted by Crippen LogP contribution is 2.29. The van der Waals surface area contributed by atoms with Crippen LogP contribution in [-0.2, 0) is 9.59 Å². The molecule has 0 aliphatic carbocycles. The van der Waals surface area contributed by atoms with Crippen LogP contribution in [0.1, 0.15) is 52.8 Å². The van der Waals surface area contributed by atoms with Gasteiger partial charge in [0.05, 0.1) is 11.1 Å². The minimum Gasteiger partial charge on any atom is -0.465 e. The molecule has 0 bridgehead atoms. The van der Waals surface area contributed by atoms with Gasteiger partial charge in [0.2, 0.25) is 11.8 Å². The second-order valence-electron chi connectivity index (χ2n) is 6.93. The van der Waals surface area contributed by atoms with Gasteiger partial charge < -0.3 is 15.7 Å². The summed E-state index contributed by atoms with van der Waals surface area (Å²) >= 11 is 0. The highest BCUT2D eigenvalue weighted by atomic mass is 16.4. The van der Waals surface area contributed by atoms with E-state index in [-0.39, 0.29) is 24.0 Å². The van der Waals surface area contributed by atoms with Gasteiger partial charge in [0, 0.05) is 25.2 Å². The summed E-state index contributed by atoms with van der Waals surface area (Å²) < 4.78 is 0. The predicted octanol–water partition coefficient (Wildman–Crippen LogP) is 0.938. The average Bonchev–Trinajstić information content (AvgIpc) is 2.91. The van der Waals surface area contributed by atoms with Crippen molar-refractivity contribution in [1.29, 1.82) is 0 Å². The van der Waals surface area contributed by atoms with Crippen LogP contribution in [0.25, 0.3) is 0 Å². The number of piperidine rings is 1. The molecular formula is C19H22N4O6. The number of hydrogen-bond donors (Lipinski definition) is 4. The van der Waals surface area contributed by atoms with Crippen molar-refractivity contribution in [3.8, 4) is 0 Å². The normalized spacial score (nSPS) is 18.5. The zero-order valence-electron chi connectivity index (χ0n) is 15.7. The molecule has 1 atom stereocenters. The Labute approximate surface area is 166 Å². The molecule has 5 amide bonds. The molecular weight excluding hydrogens is 380 g/mol. The quantitative estimate of drug-likeness (QED) is 0.374. The van der Waals surface area contributed by atoms with Crippen molar-refractivity contribution in [3.63, 3.8) is 0 Å². The Hall–Kier alpha value is -3.43. The zero-order chi connectivity index (χ0) is 21.0. The number of amides is 5. The maximum absolute atomic E-state index is 12.7. The van der Waals surface area contributed by atoms with Crippen molar-refractivity contribution in [3.05, 3.63) is 29.3 Å². The molecule has 2 heterocycles. The summed E-state index contributed by atoms with van der Waals surface area (Å²) in [4.78, 5) is 60.0. The molecule has 1 unspecified atom stereocenters. The molecule has 1 aromatic rings. The number of nitrogens with zero attached hydrogens (tertiary/aromatic N) is 1. The Balaban J connectivity index is 1.57. The predicted molar refractivity (Wildman–Crippen MR) is 101 cm³/mol. The number of hydrogen-bond acceptors (Lipinski definition) is 6. The average molecular weight is 402 g/mol. The third-order valence-electron chi connectivity index (χ3n) is 4.90. The van der Waals surface area contributed by atoms with Crippen LogP contribution in [0.2, 0.25) is 0 Å². The number of carboxylic acid groups (broad SMARTS) is 1. The minimum absolute atomic E-state index is 0.0819. The van der Waals surface area contributed by atoms with Crippen molar-refractivity contribution in [1.82, 2.24) is 15.5 Å². The van der Waals surface area contributed by atoms with Crippen LogP contribution < -0.4 is 16.0 Å². The fourth-order valence-corrected chi connectivity index (χ4v) is 3.44. The van der Waals surface area contributed by atoms with Gasteiger partial charge in [-0.1, -0.05) is 0 Å². The fourth-order valence-electron chi connectivity index (χ4n) is 3.44. The summed E-state index contributed by atoms with van der Waals surface area (Å²) in [6.07, 6.45) is 1.54. The van der Waals surface area contributed by atoms with E-state index in [2.05, 4.69) is 16.0 Å². The molecule has 10 heteroatoms. The lowest BCUT2D eigenvalue weighted by Crippen LogP contribution is -2.54. The first-order valence-corrected chi connectivity index (χ1v) is 9.45. The summed E-state index contributed by atoms with van der Waals surface area (Å²) in [5, 5.41) is 16.1. The van der Waals surface area contributed by atoms with Gasteiger partial charge in [0.15, 0.2) is 0 Å². The van der Waals surface area contributed by atoms with E-state index in [0.29, 0.717) is 18.8 Å². The van der Waals surface area contributed by atoms with Gasteiger partial charge in [-0.3, -0.25) is 29.4 Å². The van der Waals surface area contributed by atoms with E-state index in [9.17, 15) is 24.0 Å². The Morgan fingerprint density at radius 3 is 2.52 bits per heavy atom. The van der Waals surface area contributed by atoms with Gasteiger partial charge >= 0.3 is 6.09 Å². The lowest BCUT2D eigenvalue weighted by molar-refractivity contribution is -0.136. The lowest BCUT2D eigenvalue weighted by atomic mass is 10.0. The minimum atomic E-state index is -1.04. The zero-order valence-corrected chi connectivity index (χ0v) is 15.7. The summed E-state index contributed by atoms with van der Waals surface area (Å²) in [5.41, 5.74) is 1.15. The van der Waals surface area contributed by atoms with Crippen LogP contribution in [0.4, 0.5) is 10.5 Å². The SMILES string of the molecule is O=C(O)NCCCCCNc1ccc2c(c1)C(=O)N(C1CCC(=O)NC1=O)C2=O. The molecule has 1 fully saturated rings. The van der Waals surface area contributed by atoms with E-state index in [1.54, 1.807) is 18.2 Å². The number of unbranched alkanes of at least 4 members (excludes halogenated alkanes) is 2. The molecule has 29 heavy (non-hydrogen) atoms. The highest BCUT2D eigenvalue weighted by molar-refractivity contribution is 6.23. The van der Waals surface area contributed by atoms with Crippen LogP contribution in [0.15, 0.2) is 18.2 Å². The first kappa shape index (κ1) is 20.3. The summed E-state index contributed by atoms with van der Waals surface area (Å²) in [5.74, 6) is -2.11. The molecule has 0 radical (unpaired) electrons. The number of benzene rings is 1. The van der Waals surface area contributed by atoms with Gasteiger partial charge in [0.1, 0.15) is 6.04 Å². The Kier molecular flexibility index (Phi) is 6.10. The van der Waals surface area contributed by atoms with Crippen LogP contribution >= 0.6 is 0 Å². The van der Waals surface area contributed by atoms with Gasteiger partial charge in [-0.25, -0.2) is 4.79 Å². The van der Waals surface area contributed by atoms with Crippen molar-refractivity contribution in [2.75, 3.05) is 18.4 Å². The van der Waals surface area contributed by atoms with Crippen molar-refractivity contribution >= 4 is 35.4 Å². The molecule has 1 saturated heterocycles. The van der Waals surface area contributed by atoms with Gasteiger partial charge in [0.25, 0.3) is 11.8 Å². The second-order valence-corrected chi connectivity index (χ2v) is 6.93. The molecule has 0 spiro atoms. The summed E-state index contributed by atoms with van der Waals surface area (Å²) in [7, 11) is 0. The monoisotopic (exact) mass is 402 g/mol. The van der Waals surface area contributed by atoms with Gasteiger partial charge in [-0.05, 0) is 43.9 Å². The number of fused-ring (bicyclic) bond motifs is 1. The fraction of sp³-hybridized carbons (Fsp3) is 0.421. The van der Waals surface area contributed by atoms with Crippen molar-refractivity contribution in [2.24, 2.45) is 0 Å². The third-order valence-corrected chi connectivity index (χ3v) is 4.90. The number of nitrogens with one attached hydrogen (secondary N) is 3. The topological polar surface area (TPSA) is 145 Å². The van der Waals surface area contributed by atoms with E-state index in [1.807, 2.05) is 0 Å². The Bertz CT molecular complexity index is 868. The van der Waals surface area contributed by atoms with Gasteiger partial charge in [-0.2, -0.15) is 0 Å². The molecule has 4 N–H and O–H groups in total. The molecule has 10 nitrogen and oxygen atoms in total. The summed E-state index contributed by atoms with van der Waals surface area (Å²) in [6.45, 7) is 1.03. The standard InChI is InChI=1S/C19H22N4O6/c24-15-7-6-14(16(25)22-15)23-17(26)12-5-4-11(10-13(12)18(23)27)20-8-2-1-3-9-21-19(28)29/h4-5,10,14,20-21H,1-3,6-9H2,(H,28,29)(H,22,24,25). The number of carbonyl (C=O) groups excluding carboxylic acids is 4. The third kappa shape index (κ3) is 4.53.